The van der Waals surface area contributed by atoms with E-state index in [0.29, 0.717) is 18.2 Å². The lowest BCUT2D eigenvalue weighted by Crippen LogP contribution is -2.25. The molecule has 32 heavy (non-hydrogen) atoms. The first kappa shape index (κ1) is 21.1. The van der Waals surface area contributed by atoms with E-state index in [-0.39, 0.29) is 5.69 Å². The lowest BCUT2D eigenvalue weighted by atomic mass is 9.98. The van der Waals surface area contributed by atoms with E-state index in [1.165, 1.54) is 13.4 Å². The summed E-state index contributed by atoms with van der Waals surface area (Å²) in [6.07, 6.45) is 2.33. The monoisotopic (exact) mass is 429 g/mol. The Morgan fingerprint density at radius 3 is 2.53 bits per heavy atom. The van der Waals surface area contributed by atoms with Gasteiger partial charge in [0.2, 0.25) is 5.82 Å². The van der Waals surface area contributed by atoms with Crippen LogP contribution in [-0.4, -0.2) is 50.2 Å². The molecule has 0 atom stereocenters. The third-order valence-corrected chi connectivity index (χ3v) is 5.02. The molecule has 162 valence electrons. The van der Waals surface area contributed by atoms with Gasteiger partial charge in [-0.15, -0.1) is 10.2 Å². The largest absolute Gasteiger partial charge is 0.464 e. The van der Waals surface area contributed by atoms with Crippen molar-refractivity contribution in [2.24, 2.45) is 0 Å². The molecule has 2 aromatic carbocycles. The van der Waals surface area contributed by atoms with Crippen molar-refractivity contribution in [2.45, 2.75) is 19.9 Å². The van der Waals surface area contributed by atoms with Crippen LogP contribution >= 0.6 is 0 Å². The normalized spacial score (nSPS) is 10.7. The number of aromatic amines is 1. The molecule has 0 aliphatic heterocycles. The van der Waals surface area contributed by atoms with E-state index in [9.17, 15) is 4.79 Å². The van der Waals surface area contributed by atoms with Gasteiger partial charge >= 0.3 is 5.97 Å². The van der Waals surface area contributed by atoms with Gasteiger partial charge in [0, 0.05) is 24.7 Å². The number of methoxy groups -OCH3 is 1. The smallest absolute Gasteiger partial charge is 0.356 e. The number of hydrogen-bond acceptors (Lipinski definition) is 8. The number of nitrogens with one attached hydrogen (secondary N) is 1. The van der Waals surface area contributed by atoms with Crippen LogP contribution < -0.4 is 4.90 Å². The van der Waals surface area contributed by atoms with Gasteiger partial charge in [-0.1, -0.05) is 55.5 Å². The number of nitrogens with zero attached hydrogens (tertiary/aromatic N) is 6. The number of anilines is 1. The first-order valence-corrected chi connectivity index (χ1v) is 10.3. The van der Waals surface area contributed by atoms with Gasteiger partial charge in [0.1, 0.15) is 12.1 Å². The molecule has 0 aliphatic rings. The van der Waals surface area contributed by atoms with E-state index in [0.717, 1.165) is 35.2 Å². The molecule has 0 saturated carbocycles. The van der Waals surface area contributed by atoms with Gasteiger partial charge in [-0.3, -0.25) is 0 Å². The Morgan fingerprint density at radius 2 is 1.84 bits per heavy atom. The molecule has 0 bridgehead atoms. The number of ether oxygens (including phenoxy) is 1. The lowest BCUT2D eigenvalue weighted by Gasteiger charge is -2.23. The van der Waals surface area contributed by atoms with Gasteiger partial charge in [-0.25, -0.2) is 14.8 Å². The number of esters is 1. The zero-order chi connectivity index (χ0) is 22.3. The fourth-order valence-corrected chi connectivity index (χ4v) is 3.50. The van der Waals surface area contributed by atoms with E-state index >= 15 is 0 Å². The quantitative estimate of drug-likeness (QED) is 0.424. The Balaban J connectivity index is 1.57. The Bertz CT molecular complexity index is 1180. The standard InChI is InChI=1S/C23H23N7O2/c1-3-12-30(21-13-20(23(31)32-2)24-15-25-21)14-16-8-10-17(11-9-16)18-6-4-5-7-19(18)22-26-28-29-27-22/h4-11,13,15H,3,12,14H2,1-2H3,(H,26,27,28,29). The Hall–Kier alpha value is -4.14. The summed E-state index contributed by atoms with van der Waals surface area (Å²) in [6, 6.07) is 18.0. The van der Waals surface area contributed by atoms with Crippen molar-refractivity contribution in [1.82, 2.24) is 30.6 Å². The number of hydrogen-bond donors (Lipinski definition) is 1. The molecular weight excluding hydrogens is 406 g/mol. The van der Waals surface area contributed by atoms with Crippen LogP contribution in [0.4, 0.5) is 5.82 Å². The average Bonchev–Trinajstić information content (AvgIpc) is 3.39. The second kappa shape index (κ2) is 9.78. The molecule has 2 aromatic heterocycles. The molecule has 0 aliphatic carbocycles. The maximum atomic E-state index is 11.8. The molecule has 2 heterocycles. The van der Waals surface area contributed by atoms with Crippen LogP contribution in [0.1, 0.15) is 29.4 Å². The second-order valence-electron chi connectivity index (χ2n) is 7.15. The number of carbonyl (C=O) groups excluding carboxylic acids is 1. The average molecular weight is 429 g/mol. The van der Waals surface area contributed by atoms with Gasteiger partial charge < -0.3 is 9.64 Å². The number of aromatic nitrogens is 6. The molecule has 9 heteroatoms. The van der Waals surface area contributed by atoms with Crippen molar-refractivity contribution in [3.8, 4) is 22.5 Å². The summed E-state index contributed by atoms with van der Waals surface area (Å²) in [7, 11) is 1.34. The maximum absolute atomic E-state index is 11.8. The van der Waals surface area contributed by atoms with Gasteiger partial charge in [0.15, 0.2) is 5.69 Å². The summed E-state index contributed by atoms with van der Waals surface area (Å²) in [5, 5.41) is 14.4. The van der Waals surface area contributed by atoms with Crippen molar-refractivity contribution in [1.29, 1.82) is 0 Å². The lowest BCUT2D eigenvalue weighted by molar-refractivity contribution is 0.0594. The first-order valence-electron chi connectivity index (χ1n) is 10.3. The van der Waals surface area contributed by atoms with E-state index < -0.39 is 5.97 Å². The third kappa shape index (κ3) is 4.61. The molecular formula is C23H23N7O2. The maximum Gasteiger partial charge on any atom is 0.356 e. The first-order chi connectivity index (χ1) is 15.7. The number of rotatable bonds is 8. The van der Waals surface area contributed by atoms with Crippen molar-refractivity contribution < 1.29 is 9.53 Å². The van der Waals surface area contributed by atoms with Gasteiger partial charge in [-0.05, 0) is 28.3 Å². The molecule has 4 rings (SSSR count). The molecule has 9 nitrogen and oxygen atoms in total. The second-order valence-corrected chi connectivity index (χ2v) is 7.15. The summed E-state index contributed by atoms with van der Waals surface area (Å²) in [5.41, 5.74) is 4.37. The summed E-state index contributed by atoms with van der Waals surface area (Å²) >= 11 is 0. The van der Waals surface area contributed by atoms with Crippen molar-refractivity contribution in [3.63, 3.8) is 0 Å². The molecule has 0 unspecified atom stereocenters. The molecule has 0 spiro atoms. The molecule has 0 saturated heterocycles. The van der Waals surface area contributed by atoms with Crippen LogP contribution in [0.25, 0.3) is 22.5 Å². The van der Waals surface area contributed by atoms with E-state index in [2.05, 4.69) is 66.7 Å². The van der Waals surface area contributed by atoms with Crippen molar-refractivity contribution in [2.75, 3.05) is 18.6 Å². The number of tetrazole rings is 1. The number of benzene rings is 2. The summed E-state index contributed by atoms with van der Waals surface area (Å²) < 4.78 is 4.78. The van der Waals surface area contributed by atoms with Crippen LogP contribution in [0.15, 0.2) is 60.9 Å². The van der Waals surface area contributed by atoms with Crippen LogP contribution in [-0.2, 0) is 11.3 Å². The van der Waals surface area contributed by atoms with Crippen LogP contribution in [0.2, 0.25) is 0 Å². The van der Waals surface area contributed by atoms with Crippen molar-refractivity contribution in [3.05, 3.63) is 72.2 Å². The predicted octanol–water partition coefficient (Wildman–Crippen LogP) is 3.53. The molecule has 0 amide bonds. The molecule has 1 N–H and O–H groups in total. The minimum absolute atomic E-state index is 0.243. The third-order valence-electron chi connectivity index (χ3n) is 5.02. The highest BCUT2D eigenvalue weighted by molar-refractivity contribution is 5.87. The molecule has 4 aromatic rings. The summed E-state index contributed by atoms with van der Waals surface area (Å²) in [4.78, 5) is 22.3. The molecule has 0 fully saturated rings. The van der Waals surface area contributed by atoms with Crippen LogP contribution in [0.5, 0.6) is 0 Å². The van der Waals surface area contributed by atoms with Gasteiger partial charge in [0.25, 0.3) is 0 Å². The van der Waals surface area contributed by atoms with Gasteiger partial charge in [-0.2, -0.15) is 5.21 Å². The fourth-order valence-electron chi connectivity index (χ4n) is 3.50. The summed E-state index contributed by atoms with van der Waals surface area (Å²) in [6.45, 7) is 3.55. The minimum atomic E-state index is -0.477. The SMILES string of the molecule is CCCN(Cc1ccc(-c2ccccc2-c2nn[nH]n2)cc1)c1cc(C(=O)OC)ncn1. The summed E-state index contributed by atoms with van der Waals surface area (Å²) in [5.74, 6) is 0.771. The fraction of sp³-hybridized carbons (Fsp3) is 0.217. The number of H-pyrrole nitrogens is 1. The van der Waals surface area contributed by atoms with Crippen LogP contribution in [0.3, 0.4) is 0 Å². The van der Waals surface area contributed by atoms with E-state index in [1.54, 1.807) is 6.07 Å². The topological polar surface area (TPSA) is 110 Å². The molecule has 0 radical (unpaired) electrons. The predicted molar refractivity (Wildman–Crippen MR) is 120 cm³/mol. The minimum Gasteiger partial charge on any atom is -0.464 e. The number of carbonyl (C=O) groups is 1. The van der Waals surface area contributed by atoms with Gasteiger partial charge in [0.05, 0.1) is 7.11 Å². The Labute approximate surface area is 185 Å². The Morgan fingerprint density at radius 1 is 1.06 bits per heavy atom. The van der Waals surface area contributed by atoms with Crippen molar-refractivity contribution >= 4 is 11.8 Å². The highest BCUT2D eigenvalue weighted by Crippen LogP contribution is 2.30. The highest BCUT2D eigenvalue weighted by atomic mass is 16.5. The van der Waals surface area contributed by atoms with E-state index in [1.807, 2.05) is 24.3 Å². The zero-order valence-corrected chi connectivity index (χ0v) is 17.9. The highest BCUT2D eigenvalue weighted by Gasteiger charge is 2.14. The Kier molecular flexibility index (Phi) is 6.45. The van der Waals surface area contributed by atoms with E-state index in [4.69, 9.17) is 4.74 Å². The zero-order valence-electron chi connectivity index (χ0n) is 17.9. The van der Waals surface area contributed by atoms with Crippen LogP contribution in [0, 0.1) is 0 Å².